The van der Waals surface area contributed by atoms with Crippen molar-refractivity contribution in [3.63, 3.8) is 0 Å². The second-order valence-corrected chi connectivity index (χ2v) is 4.93. The van der Waals surface area contributed by atoms with E-state index < -0.39 is 5.92 Å². The lowest BCUT2D eigenvalue weighted by Crippen LogP contribution is -2.56. The number of alkyl halides is 2. The maximum Gasteiger partial charge on any atom is 0.248 e. The van der Waals surface area contributed by atoms with Crippen molar-refractivity contribution in [1.29, 1.82) is 0 Å². The van der Waals surface area contributed by atoms with Gasteiger partial charge in [-0.2, -0.15) is 0 Å². The number of rotatable bonds is 3. The monoisotopic (exact) mass is 205 g/mol. The number of halogens is 2. The summed E-state index contributed by atoms with van der Waals surface area (Å²) in [5.74, 6) is -2.34. The quantitative estimate of drug-likeness (QED) is 0.729. The van der Waals surface area contributed by atoms with Crippen LogP contribution < -0.4 is 5.32 Å². The second-order valence-electron chi connectivity index (χ2n) is 4.93. The summed E-state index contributed by atoms with van der Waals surface area (Å²) in [7, 11) is 0. The van der Waals surface area contributed by atoms with Crippen LogP contribution in [0.1, 0.15) is 25.7 Å². The summed E-state index contributed by atoms with van der Waals surface area (Å²) in [4.78, 5) is 0. The molecule has 0 aromatic rings. The second kappa shape index (κ2) is 3.42. The van der Waals surface area contributed by atoms with Crippen LogP contribution in [0.3, 0.4) is 0 Å². The van der Waals surface area contributed by atoms with Crippen molar-refractivity contribution in [2.75, 3.05) is 19.7 Å². The first-order valence-electron chi connectivity index (χ1n) is 5.25. The molecule has 2 N–H and O–H groups in total. The van der Waals surface area contributed by atoms with Crippen molar-refractivity contribution in [3.8, 4) is 0 Å². The molecule has 0 spiro atoms. The maximum atomic E-state index is 12.9. The van der Waals surface area contributed by atoms with Crippen LogP contribution >= 0.6 is 0 Å². The average molecular weight is 205 g/mol. The Morgan fingerprint density at radius 3 is 2.43 bits per heavy atom. The summed E-state index contributed by atoms with van der Waals surface area (Å²) in [6, 6.07) is 0. The minimum absolute atomic E-state index is 0.0226. The molecule has 0 bridgehead atoms. The highest BCUT2D eigenvalue weighted by atomic mass is 19.3. The molecule has 1 aliphatic carbocycles. The summed E-state index contributed by atoms with van der Waals surface area (Å²) in [5.41, 5.74) is -0.0922. The van der Waals surface area contributed by atoms with E-state index in [0.717, 1.165) is 19.5 Å². The first-order chi connectivity index (χ1) is 6.55. The first-order valence-corrected chi connectivity index (χ1v) is 5.25. The fourth-order valence-electron chi connectivity index (χ4n) is 2.63. The van der Waals surface area contributed by atoms with E-state index in [9.17, 15) is 13.9 Å². The fourth-order valence-corrected chi connectivity index (χ4v) is 2.63. The highest BCUT2D eigenvalue weighted by Gasteiger charge is 2.45. The minimum Gasteiger partial charge on any atom is -0.396 e. The van der Waals surface area contributed by atoms with E-state index in [0.29, 0.717) is 6.42 Å². The van der Waals surface area contributed by atoms with E-state index in [1.165, 1.54) is 0 Å². The highest BCUT2D eigenvalue weighted by Crippen LogP contribution is 2.44. The van der Waals surface area contributed by atoms with Crippen molar-refractivity contribution >= 4 is 0 Å². The summed E-state index contributed by atoms with van der Waals surface area (Å²) in [6.45, 7) is 1.69. The third-order valence-electron chi connectivity index (χ3n) is 3.56. The smallest absolute Gasteiger partial charge is 0.248 e. The Bertz CT molecular complexity index is 211. The molecule has 2 nitrogen and oxygen atoms in total. The van der Waals surface area contributed by atoms with Gasteiger partial charge in [-0.05, 0) is 18.8 Å². The molecular formula is C10H17F2NO. The van der Waals surface area contributed by atoms with E-state index in [2.05, 4.69) is 5.32 Å². The Morgan fingerprint density at radius 1 is 1.36 bits per heavy atom. The zero-order valence-electron chi connectivity index (χ0n) is 8.23. The lowest BCUT2D eigenvalue weighted by Gasteiger charge is -2.42. The molecular weight excluding hydrogens is 188 g/mol. The fraction of sp³-hybridized carbons (Fsp3) is 1.00. The molecule has 2 aliphatic rings. The molecule has 4 heteroatoms. The van der Waals surface area contributed by atoms with Gasteiger partial charge in [0.25, 0.3) is 0 Å². The van der Waals surface area contributed by atoms with Crippen LogP contribution in [-0.2, 0) is 0 Å². The summed E-state index contributed by atoms with van der Waals surface area (Å²) >= 11 is 0. The number of nitrogens with one attached hydrogen (secondary N) is 1. The van der Waals surface area contributed by atoms with Crippen molar-refractivity contribution < 1.29 is 13.9 Å². The number of hydrogen-bond donors (Lipinski definition) is 2. The van der Waals surface area contributed by atoms with Gasteiger partial charge in [-0.15, -0.1) is 0 Å². The third kappa shape index (κ3) is 1.91. The van der Waals surface area contributed by atoms with Gasteiger partial charge in [-0.3, -0.25) is 0 Å². The molecule has 0 aromatic carbocycles. The standard InChI is InChI=1S/C10H17F2NO/c11-10(12)2-1-8(4-10)3-9(7-14)5-13-6-9/h8,13-14H,1-7H2. The van der Waals surface area contributed by atoms with Crippen LogP contribution in [0.15, 0.2) is 0 Å². The molecule has 0 amide bonds. The lowest BCUT2D eigenvalue weighted by atomic mass is 9.74. The van der Waals surface area contributed by atoms with Gasteiger partial charge in [0.15, 0.2) is 0 Å². The van der Waals surface area contributed by atoms with Gasteiger partial charge < -0.3 is 10.4 Å². The lowest BCUT2D eigenvalue weighted by molar-refractivity contribution is -0.00391. The van der Waals surface area contributed by atoms with Crippen LogP contribution in [0.4, 0.5) is 8.78 Å². The van der Waals surface area contributed by atoms with Crippen LogP contribution in [0.25, 0.3) is 0 Å². The van der Waals surface area contributed by atoms with Gasteiger partial charge >= 0.3 is 0 Å². The molecule has 1 heterocycles. The van der Waals surface area contributed by atoms with E-state index in [-0.39, 0.29) is 30.8 Å². The molecule has 1 unspecified atom stereocenters. The van der Waals surface area contributed by atoms with E-state index >= 15 is 0 Å². The molecule has 1 saturated heterocycles. The number of aliphatic hydroxyl groups is 1. The predicted molar refractivity (Wildman–Crippen MR) is 49.3 cm³/mol. The van der Waals surface area contributed by atoms with Crippen LogP contribution in [-0.4, -0.2) is 30.7 Å². The molecule has 2 fully saturated rings. The summed E-state index contributed by atoms with van der Waals surface area (Å²) in [5, 5.41) is 12.3. The zero-order valence-corrected chi connectivity index (χ0v) is 8.23. The number of aliphatic hydroxyl groups excluding tert-OH is 1. The van der Waals surface area contributed by atoms with Crippen LogP contribution in [0, 0.1) is 11.3 Å². The van der Waals surface area contributed by atoms with E-state index in [4.69, 9.17) is 0 Å². The minimum atomic E-state index is -2.45. The van der Waals surface area contributed by atoms with Gasteiger partial charge in [-0.1, -0.05) is 0 Å². The topological polar surface area (TPSA) is 32.3 Å². The van der Waals surface area contributed by atoms with Crippen LogP contribution in [0.2, 0.25) is 0 Å². The van der Waals surface area contributed by atoms with Gasteiger partial charge in [0.1, 0.15) is 0 Å². The molecule has 1 atom stereocenters. The van der Waals surface area contributed by atoms with Crippen molar-refractivity contribution in [2.24, 2.45) is 11.3 Å². The van der Waals surface area contributed by atoms with E-state index in [1.54, 1.807) is 0 Å². The first kappa shape index (κ1) is 10.3. The van der Waals surface area contributed by atoms with Gasteiger partial charge in [0.2, 0.25) is 5.92 Å². The van der Waals surface area contributed by atoms with Gasteiger partial charge in [-0.25, -0.2) is 8.78 Å². The molecule has 82 valence electrons. The van der Waals surface area contributed by atoms with Crippen LogP contribution in [0.5, 0.6) is 0 Å². The molecule has 0 aromatic heterocycles. The third-order valence-corrected chi connectivity index (χ3v) is 3.56. The Kier molecular flexibility index (Phi) is 2.52. The predicted octanol–water partition coefficient (Wildman–Crippen LogP) is 1.39. The van der Waals surface area contributed by atoms with Crippen molar-refractivity contribution in [1.82, 2.24) is 5.32 Å². The SMILES string of the molecule is OCC1(CC2CCC(F)(F)C2)CNC1. The largest absolute Gasteiger partial charge is 0.396 e. The summed E-state index contributed by atoms with van der Waals surface area (Å²) in [6.07, 6.45) is 1.43. The maximum absolute atomic E-state index is 12.9. The Labute approximate surface area is 82.7 Å². The summed E-state index contributed by atoms with van der Waals surface area (Å²) < 4.78 is 25.8. The molecule has 14 heavy (non-hydrogen) atoms. The van der Waals surface area contributed by atoms with Gasteiger partial charge in [0.05, 0.1) is 6.61 Å². The van der Waals surface area contributed by atoms with E-state index in [1.807, 2.05) is 0 Å². The highest BCUT2D eigenvalue weighted by molar-refractivity contribution is 4.95. The average Bonchev–Trinajstić information content (AvgIpc) is 2.38. The molecule has 2 rings (SSSR count). The molecule has 1 saturated carbocycles. The van der Waals surface area contributed by atoms with Gasteiger partial charge in [0, 0.05) is 31.3 Å². The molecule has 0 radical (unpaired) electrons. The molecule has 1 aliphatic heterocycles. The van der Waals surface area contributed by atoms with Crippen molar-refractivity contribution in [2.45, 2.75) is 31.6 Å². The normalized spacial score (nSPS) is 34.1. The Morgan fingerprint density at radius 2 is 2.07 bits per heavy atom. The number of hydrogen-bond acceptors (Lipinski definition) is 2. The Hall–Kier alpha value is -0.220. The van der Waals surface area contributed by atoms with Crippen molar-refractivity contribution in [3.05, 3.63) is 0 Å². The zero-order chi connectivity index (χ0) is 10.2. The Balaban J connectivity index is 1.86.